The van der Waals surface area contributed by atoms with Gasteiger partial charge < -0.3 is 27.9 Å². The Morgan fingerprint density at radius 3 is 1.17 bits per heavy atom. The van der Waals surface area contributed by atoms with Crippen LogP contribution in [0.4, 0.5) is 0 Å². The maximum absolute atomic E-state index is 12.8. The Bertz CT molecular complexity index is 1170. The predicted molar refractivity (Wildman–Crippen MR) is 278 cm³/mol. The Morgan fingerprint density at radius 2 is 0.788 bits per heavy atom. The molecule has 0 aromatic carbocycles. The van der Waals surface area contributed by atoms with Gasteiger partial charge in [0.25, 0.3) is 7.82 Å². The summed E-state index contributed by atoms with van der Waals surface area (Å²) in [7, 11) is 1.16. The number of quaternary nitrogens is 1. The number of rotatable bonds is 52. The van der Waals surface area contributed by atoms with E-state index in [0.717, 1.165) is 32.1 Å². The first-order valence-corrected chi connectivity index (χ1v) is 29.5. The monoisotopic (exact) mass is 954 g/mol. The van der Waals surface area contributed by atoms with Crippen molar-refractivity contribution in [1.82, 2.24) is 0 Å². The highest BCUT2D eigenvalue weighted by atomic mass is 31.2. The number of allylic oxidation sites excluding steroid dienone is 4. The van der Waals surface area contributed by atoms with Gasteiger partial charge in [0.1, 0.15) is 19.8 Å². The lowest BCUT2D eigenvalue weighted by molar-refractivity contribution is -0.870. The van der Waals surface area contributed by atoms with E-state index >= 15 is 0 Å². The molecular weight excluding hydrogens is 846 g/mol. The fourth-order valence-corrected chi connectivity index (χ4v) is 8.80. The normalized spacial score (nSPS) is 13.5. The van der Waals surface area contributed by atoms with Crippen LogP contribution in [0, 0.1) is 0 Å². The number of phosphoric acid groups is 1. The summed E-state index contributed by atoms with van der Waals surface area (Å²) >= 11 is 0. The minimum atomic E-state index is -4.64. The van der Waals surface area contributed by atoms with Crippen molar-refractivity contribution in [2.75, 3.05) is 47.5 Å². The highest BCUT2D eigenvalue weighted by Crippen LogP contribution is 2.38. The summed E-state index contributed by atoms with van der Waals surface area (Å²) in [6.45, 7) is 4.25. The lowest BCUT2D eigenvalue weighted by atomic mass is 10.0. The quantitative estimate of drug-likeness (QED) is 0.0195. The molecule has 0 aliphatic rings. The van der Waals surface area contributed by atoms with Crippen molar-refractivity contribution in [2.45, 2.75) is 277 Å². The smallest absolute Gasteiger partial charge is 0.306 e. The Kier molecular flexibility index (Phi) is 47.4. The number of carbonyl (C=O) groups is 2. The fourth-order valence-electron chi connectivity index (χ4n) is 8.07. The van der Waals surface area contributed by atoms with Crippen LogP contribution in [-0.2, 0) is 32.7 Å². The number of hydrogen-bond donors (Lipinski definition) is 0. The first-order chi connectivity index (χ1) is 32.0. The molecule has 0 N–H and O–H groups in total. The van der Waals surface area contributed by atoms with E-state index < -0.39 is 26.5 Å². The third kappa shape index (κ3) is 51.9. The summed E-state index contributed by atoms with van der Waals surface area (Å²) in [6, 6.07) is 0. The van der Waals surface area contributed by atoms with Crippen LogP contribution in [0.5, 0.6) is 0 Å². The summed E-state index contributed by atoms with van der Waals surface area (Å²) in [6.07, 6.45) is 56.6. The van der Waals surface area contributed by atoms with Crippen LogP contribution in [0.15, 0.2) is 24.3 Å². The number of ether oxygens (including phenoxy) is 2. The van der Waals surface area contributed by atoms with Crippen molar-refractivity contribution in [2.24, 2.45) is 0 Å². The van der Waals surface area contributed by atoms with Gasteiger partial charge in [-0.15, -0.1) is 0 Å². The zero-order valence-electron chi connectivity index (χ0n) is 44.2. The second kappa shape index (κ2) is 48.5. The van der Waals surface area contributed by atoms with Crippen molar-refractivity contribution < 1.29 is 42.1 Å². The fraction of sp³-hybridized carbons (Fsp3) is 0.893. The molecule has 9 nitrogen and oxygen atoms in total. The molecule has 1 unspecified atom stereocenters. The van der Waals surface area contributed by atoms with Gasteiger partial charge in [-0.25, -0.2) is 0 Å². The Labute approximate surface area is 409 Å². The van der Waals surface area contributed by atoms with Crippen molar-refractivity contribution >= 4 is 19.8 Å². The molecule has 0 saturated carbocycles. The van der Waals surface area contributed by atoms with Gasteiger partial charge in [-0.1, -0.05) is 224 Å². The topological polar surface area (TPSA) is 111 Å². The van der Waals surface area contributed by atoms with E-state index in [1.54, 1.807) is 0 Å². The summed E-state index contributed by atoms with van der Waals surface area (Å²) in [5, 5.41) is 0. The average molecular weight is 954 g/mol. The second-order valence-corrected chi connectivity index (χ2v) is 21.7. The van der Waals surface area contributed by atoms with Gasteiger partial charge in [0.2, 0.25) is 0 Å². The Balaban J connectivity index is 4.20. The number of hydrogen-bond acceptors (Lipinski definition) is 8. The number of likely N-dealkylation sites (N-methyl/N-ethyl adjacent to an activating group) is 1. The Morgan fingerprint density at radius 1 is 0.455 bits per heavy atom. The summed E-state index contributed by atoms with van der Waals surface area (Å²) < 4.78 is 34.1. The van der Waals surface area contributed by atoms with E-state index in [1.807, 2.05) is 21.1 Å². The van der Waals surface area contributed by atoms with Crippen LogP contribution < -0.4 is 4.89 Å². The largest absolute Gasteiger partial charge is 0.756 e. The van der Waals surface area contributed by atoms with Crippen LogP contribution in [0.2, 0.25) is 0 Å². The standard InChI is InChI=1S/C56H108NO8P/c1-6-8-10-12-14-16-18-20-22-24-26-27-28-29-31-33-35-37-39-41-43-45-47-49-56(59)65-54(53-64-66(60,61)63-51-50-57(3,4)5)52-62-55(58)48-46-44-42-40-38-36-34-32-30-25-23-21-19-17-15-13-11-9-7-2/h21,23,41,43,54H,6-20,22,24-40,42,44-53H2,1-5H3/b23-21+,43-41+/t54-/m1/s1. The molecule has 0 bridgehead atoms. The minimum absolute atomic E-state index is 0.0337. The Hall–Kier alpha value is -1.51. The molecule has 0 rings (SSSR count). The van der Waals surface area contributed by atoms with Crippen LogP contribution in [0.1, 0.15) is 271 Å². The van der Waals surface area contributed by atoms with Crippen LogP contribution in [0.3, 0.4) is 0 Å². The first kappa shape index (κ1) is 64.5. The van der Waals surface area contributed by atoms with E-state index in [0.29, 0.717) is 17.4 Å². The zero-order valence-corrected chi connectivity index (χ0v) is 45.1. The molecule has 0 spiro atoms. The van der Waals surface area contributed by atoms with Crippen molar-refractivity contribution in [3.8, 4) is 0 Å². The van der Waals surface area contributed by atoms with E-state index in [2.05, 4.69) is 38.2 Å². The van der Waals surface area contributed by atoms with Gasteiger partial charge in [0.15, 0.2) is 6.10 Å². The molecule has 0 radical (unpaired) electrons. The van der Waals surface area contributed by atoms with Crippen molar-refractivity contribution in [3.63, 3.8) is 0 Å². The molecule has 0 aromatic heterocycles. The van der Waals surface area contributed by atoms with Gasteiger partial charge in [0.05, 0.1) is 27.7 Å². The SMILES string of the molecule is CCCCCCCC/C=C/CCCCCCCCCCCC(=O)OC[C@H](COP(=O)([O-])OCC[N+](C)(C)C)OC(=O)CCC/C=C/CCCCCCCCCCCCCCCCCCCC. The van der Waals surface area contributed by atoms with Crippen molar-refractivity contribution in [1.29, 1.82) is 0 Å². The molecule has 2 atom stereocenters. The van der Waals surface area contributed by atoms with E-state index in [-0.39, 0.29) is 32.0 Å². The van der Waals surface area contributed by atoms with Crippen LogP contribution >= 0.6 is 7.82 Å². The van der Waals surface area contributed by atoms with Crippen LogP contribution in [0.25, 0.3) is 0 Å². The second-order valence-electron chi connectivity index (χ2n) is 20.3. The minimum Gasteiger partial charge on any atom is -0.756 e. The van der Waals surface area contributed by atoms with E-state index in [9.17, 15) is 19.0 Å². The molecule has 0 amide bonds. The van der Waals surface area contributed by atoms with E-state index in [4.69, 9.17) is 18.5 Å². The number of esters is 2. The zero-order chi connectivity index (χ0) is 48.5. The summed E-state index contributed by atoms with van der Waals surface area (Å²) in [5.41, 5.74) is 0. The summed E-state index contributed by atoms with van der Waals surface area (Å²) in [5.74, 6) is -0.861. The maximum atomic E-state index is 12.8. The van der Waals surface area contributed by atoms with Gasteiger partial charge in [-0.3, -0.25) is 14.2 Å². The molecule has 66 heavy (non-hydrogen) atoms. The van der Waals surface area contributed by atoms with Crippen LogP contribution in [-0.4, -0.2) is 70.0 Å². The highest BCUT2D eigenvalue weighted by Gasteiger charge is 2.21. The molecule has 0 aromatic rings. The highest BCUT2D eigenvalue weighted by molar-refractivity contribution is 7.45. The van der Waals surface area contributed by atoms with E-state index in [1.165, 1.54) is 205 Å². The third-order valence-electron chi connectivity index (χ3n) is 12.4. The van der Waals surface area contributed by atoms with Gasteiger partial charge in [0, 0.05) is 12.8 Å². The van der Waals surface area contributed by atoms with Gasteiger partial charge in [-0.2, -0.15) is 0 Å². The van der Waals surface area contributed by atoms with Gasteiger partial charge >= 0.3 is 11.9 Å². The molecule has 0 saturated heterocycles. The molecular formula is C56H108NO8P. The molecule has 390 valence electrons. The number of unbranched alkanes of at least 4 members (excludes halogenated alkanes) is 34. The molecule has 0 heterocycles. The average Bonchev–Trinajstić information content (AvgIpc) is 3.27. The molecule has 10 heteroatoms. The van der Waals surface area contributed by atoms with Crippen molar-refractivity contribution in [3.05, 3.63) is 24.3 Å². The third-order valence-corrected chi connectivity index (χ3v) is 13.4. The molecule has 0 fully saturated rings. The maximum Gasteiger partial charge on any atom is 0.306 e. The number of nitrogens with zero attached hydrogens (tertiary/aromatic N) is 1. The number of carbonyl (C=O) groups excluding carboxylic acids is 2. The summed E-state index contributed by atoms with van der Waals surface area (Å²) in [4.78, 5) is 37.8. The lowest BCUT2D eigenvalue weighted by Crippen LogP contribution is -2.37. The number of phosphoric ester groups is 1. The first-order valence-electron chi connectivity index (χ1n) is 28.0. The molecule has 0 aliphatic heterocycles. The molecule has 0 aliphatic carbocycles. The predicted octanol–water partition coefficient (Wildman–Crippen LogP) is 16.4. The lowest BCUT2D eigenvalue weighted by Gasteiger charge is -2.28. The van der Waals surface area contributed by atoms with Gasteiger partial charge in [-0.05, 0) is 57.8 Å².